The second-order valence-electron chi connectivity index (χ2n) is 1.67. The first-order valence-corrected chi connectivity index (χ1v) is 3.16. The molecule has 0 unspecified atom stereocenters. The van der Waals surface area contributed by atoms with Crippen LogP contribution in [-0.2, 0) is 0 Å². The molecule has 0 atom stereocenters. The van der Waals surface area contributed by atoms with E-state index in [-0.39, 0.29) is 0 Å². The van der Waals surface area contributed by atoms with Gasteiger partial charge >= 0.3 is 0 Å². The minimum absolute atomic E-state index is 0.917. The third-order valence-electron chi connectivity index (χ3n) is 0.996. The Bertz CT molecular complexity index is 92.6. The highest BCUT2D eigenvalue weighted by atomic mass is 35.5. The predicted octanol–water partition coefficient (Wildman–Crippen LogP) is 3.10. The first kappa shape index (κ1) is 7.77. The average molecular weight is 131 g/mol. The van der Waals surface area contributed by atoms with Gasteiger partial charge in [0, 0.05) is 5.54 Å². The molecule has 0 aliphatic rings. The van der Waals surface area contributed by atoms with Crippen LogP contribution in [0.5, 0.6) is 0 Å². The van der Waals surface area contributed by atoms with E-state index in [1.807, 2.05) is 6.08 Å². The fourth-order valence-electron chi connectivity index (χ4n) is 0.356. The summed E-state index contributed by atoms with van der Waals surface area (Å²) in [6, 6.07) is 0. The Morgan fingerprint density at radius 2 is 2.38 bits per heavy atom. The fraction of sp³-hybridized carbons (Fsp3) is 0.429. The van der Waals surface area contributed by atoms with Crippen molar-refractivity contribution in [2.45, 2.75) is 19.8 Å². The van der Waals surface area contributed by atoms with Crippen LogP contribution in [-0.4, -0.2) is 0 Å². The van der Waals surface area contributed by atoms with Gasteiger partial charge in [0.2, 0.25) is 0 Å². The van der Waals surface area contributed by atoms with E-state index in [2.05, 4.69) is 13.5 Å². The van der Waals surface area contributed by atoms with Crippen LogP contribution >= 0.6 is 11.6 Å². The molecule has 1 heteroatoms. The molecule has 0 nitrogen and oxygen atoms in total. The Morgan fingerprint density at radius 1 is 1.75 bits per heavy atom. The molecule has 0 aromatic carbocycles. The highest BCUT2D eigenvalue weighted by Gasteiger charge is 1.82. The number of rotatable bonds is 3. The van der Waals surface area contributed by atoms with Crippen molar-refractivity contribution in [2.24, 2.45) is 0 Å². The van der Waals surface area contributed by atoms with Crippen molar-refractivity contribution in [3.05, 3.63) is 23.8 Å². The van der Waals surface area contributed by atoms with Gasteiger partial charge < -0.3 is 0 Å². The Kier molecular flexibility index (Phi) is 4.78. The zero-order valence-electron chi connectivity index (χ0n) is 5.15. The Labute approximate surface area is 55.9 Å². The van der Waals surface area contributed by atoms with Crippen molar-refractivity contribution < 1.29 is 0 Å². The standard InChI is InChI=1S/C7H11Cl/c1-3-7(2)5-4-6-8/h4,6H,2-3,5H2,1H3. The number of halogens is 1. The lowest BCUT2D eigenvalue weighted by Gasteiger charge is -1.91. The summed E-state index contributed by atoms with van der Waals surface area (Å²) in [5.41, 5.74) is 2.75. The molecule has 0 amide bonds. The van der Waals surface area contributed by atoms with E-state index in [1.54, 1.807) is 0 Å². The van der Waals surface area contributed by atoms with Crippen LogP contribution in [0.25, 0.3) is 0 Å². The molecular formula is C7H11Cl. The summed E-state index contributed by atoms with van der Waals surface area (Å²) in [6.45, 7) is 5.89. The lowest BCUT2D eigenvalue weighted by Crippen LogP contribution is -1.71. The monoisotopic (exact) mass is 130 g/mol. The van der Waals surface area contributed by atoms with Crippen molar-refractivity contribution in [3.8, 4) is 0 Å². The molecular weight excluding hydrogens is 120 g/mol. The fourth-order valence-corrected chi connectivity index (χ4v) is 0.445. The van der Waals surface area contributed by atoms with E-state index in [1.165, 1.54) is 11.1 Å². The van der Waals surface area contributed by atoms with Gasteiger partial charge in [0.15, 0.2) is 0 Å². The topological polar surface area (TPSA) is 0 Å². The maximum Gasteiger partial charge on any atom is 0.000568 e. The summed E-state index contributed by atoms with van der Waals surface area (Å²) in [5.74, 6) is 0. The lowest BCUT2D eigenvalue weighted by atomic mass is 10.2. The predicted molar refractivity (Wildman–Crippen MR) is 39.0 cm³/mol. The zero-order valence-corrected chi connectivity index (χ0v) is 5.91. The Morgan fingerprint density at radius 3 is 2.75 bits per heavy atom. The largest absolute Gasteiger partial charge is 0.0996 e. The molecule has 0 rings (SSSR count). The molecule has 0 saturated heterocycles. The first-order chi connectivity index (χ1) is 3.81. The van der Waals surface area contributed by atoms with Crippen LogP contribution in [0.2, 0.25) is 0 Å². The average Bonchev–Trinajstić information content (AvgIpc) is 1.83. The summed E-state index contributed by atoms with van der Waals surface area (Å²) in [5, 5.41) is 0. The zero-order chi connectivity index (χ0) is 6.41. The van der Waals surface area contributed by atoms with E-state index in [9.17, 15) is 0 Å². The van der Waals surface area contributed by atoms with E-state index < -0.39 is 0 Å². The Balaban J connectivity index is 3.25. The first-order valence-electron chi connectivity index (χ1n) is 2.73. The number of hydrogen-bond donors (Lipinski definition) is 0. The number of allylic oxidation sites excluding steroid dienone is 2. The molecule has 0 aromatic heterocycles. The van der Waals surface area contributed by atoms with Gasteiger partial charge in [-0.25, -0.2) is 0 Å². The van der Waals surface area contributed by atoms with Crippen molar-refractivity contribution in [2.75, 3.05) is 0 Å². The quantitative estimate of drug-likeness (QED) is 0.515. The summed E-state index contributed by atoms with van der Waals surface area (Å²) in [7, 11) is 0. The van der Waals surface area contributed by atoms with Crippen LogP contribution in [0.3, 0.4) is 0 Å². The minimum Gasteiger partial charge on any atom is -0.0996 e. The summed E-state index contributed by atoms with van der Waals surface area (Å²) in [4.78, 5) is 0. The number of hydrogen-bond acceptors (Lipinski definition) is 0. The molecule has 8 heavy (non-hydrogen) atoms. The second-order valence-corrected chi connectivity index (χ2v) is 1.92. The van der Waals surface area contributed by atoms with Crippen LogP contribution in [0, 0.1) is 0 Å². The third-order valence-corrected chi connectivity index (χ3v) is 1.17. The summed E-state index contributed by atoms with van der Waals surface area (Å²) >= 11 is 5.28. The molecule has 0 aliphatic carbocycles. The molecule has 0 radical (unpaired) electrons. The summed E-state index contributed by atoms with van der Waals surface area (Å²) in [6.07, 6.45) is 3.86. The molecule has 46 valence electrons. The van der Waals surface area contributed by atoms with Crippen LogP contribution in [0.4, 0.5) is 0 Å². The van der Waals surface area contributed by atoms with Gasteiger partial charge in [0.25, 0.3) is 0 Å². The maximum atomic E-state index is 5.28. The van der Waals surface area contributed by atoms with Crippen molar-refractivity contribution >= 4 is 11.6 Å². The van der Waals surface area contributed by atoms with Crippen molar-refractivity contribution in [1.82, 2.24) is 0 Å². The van der Waals surface area contributed by atoms with Gasteiger partial charge in [0.05, 0.1) is 0 Å². The molecule has 0 N–H and O–H groups in total. The van der Waals surface area contributed by atoms with Crippen molar-refractivity contribution in [3.63, 3.8) is 0 Å². The lowest BCUT2D eigenvalue weighted by molar-refractivity contribution is 1.04. The molecule has 0 bridgehead atoms. The van der Waals surface area contributed by atoms with Gasteiger partial charge in [-0.3, -0.25) is 0 Å². The van der Waals surface area contributed by atoms with Gasteiger partial charge in [-0.2, -0.15) is 0 Å². The highest BCUT2D eigenvalue weighted by molar-refractivity contribution is 6.25. The van der Waals surface area contributed by atoms with Gasteiger partial charge in [-0.05, 0) is 12.8 Å². The van der Waals surface area contributed by atoms with E-state index in [0.29, 0.717) is 0 Å². The SMILES string of the molecule is C=C(CC)CC=CCl. The molecule has 0 aliphatic heterocycles. The molecule has 0 saturated carbocycles. The molecule has 0 fully saturated rings. The second kappa shape index (κ2) is 4.92. The maximum absolute atomic E-state index is 5.28. The van der Waals surface area contributed by atoms with Gasteiger partial charge in [-0.1, -0.05) is 36.8 Å². The smallest absolute Gasteiger partial charge is 0.000568 e. The van der Waals surface area contributed by atoms with Gasteiger partial charge in [0.1, 0.15) is 0 Å². The van der Waals surface area contributed by atoms with Crippen LogP contribution in [0.15, 0.2) is 23.8 Å². The van der Waals surface area contributed by atoms with Crippen molar-refractivity contribution in [1.29, 1.82) is 0 Å². The normalized spacial score (nSPS) is 10.2. The molecule has 0 spiro atoms. The van der Waals surface area contributed by atoms with Gasteiger partial charge in [-0.15, -0.1) is 0 Å². The van der Waals surface area contributed by atoms with E-state index in [4.69, 9.17) is 11.6 Å². The Hall–Kier alpha value is -0.230. The summed E-state index contributed by atoms with van der Waals surface area (Å²) < 4.78 is 0. The van der Waals surface area contributed by atoms with Crippen LogP contribution < -0.4 is 0 Å². The molecule has 0 heterocycles. The van der Waals surface area contributed by atoms with E-state index >= 15 is 0 Å². The molecule has 0 aromatic rings. The van der Waals surface area contributed by atoms with Crippen LogP contribution in [0.1, 0.15) is 19.8 Å². The highest BCUT2D eigenvalue weighted by Crippen LogP contribution is 2.02. The third kappa shape index (κ3) is 3.94. The minimum atomic E-state index is 0.917. The van der Waals surface area contributed by atoms with E-state index in [0.717, 1.165) is 12.8 Å².